The SMILES string of the molecule is COc1ncnc(NC2CCCCC2CCl)c1C. The minimum atomic E-state index is 0.412. The molecule has 4 nitrogen and oxygen atoms in total. The molecule has 1 aromatic heterocycles. The summed E-state index contributed by atoms with van der Waals surface area (Å²) in [5, 5.41) is 3.51. The molecular formula is C13H20ClN3O. The number of rotatable bonds is 4. The average molecular weight is 270 g/mol. The Morgan fingerprint density at radius 1 is 1.39 bits per heavy atom. The van der Waals surface area contributed by atoms with E-state index in [9.17, 15) is 0 Å². The summed E-state index contributed by atoms with van der Waals surface area (Å²) in [4.78, 5) is 8.39. The van der Waals surface area contributed by atoms with Gasteiger partial charge in [0.1, 0.15) is 12.1 Å². The molecule has 18 heavy (non-hydrogen) atoms. The monoisotopic (exact) mass is 269 g/mol. The first-order valence-corrected chi connectivity index (χ1v) is 6.97. The lowest BCUT2D eigenvalue weighted by molar-refractivity contribution is 0.351. The number of nitrogens with zero attached hydrogens (tertiary/aromatic N) is 2. The van der Waals surface area contributed by atoms with Gasteiger partial charge >= 0.3 is 0 Å². The van der Waals surface area contributed by atoms with Crippen LogP contribution in [0.2, 0.25) is 0 Å². The van der Waals surface area contributed by atoms with E-state index in [4.69, 9.17) is 16.3 Å². The van der Waals surface area contributed by atoms with E-state index in [1.165, 1.54) is 25.6 Å². The van der Waals surface area contributed by atoms with Crippen molar-refractivity contribution in [3.05, 3.63) is 11.9 Å². The lowest BCUT2D eigenvalue weighted by Gasteiger charge is -2.31. The number of halogens is 1. The molecule has 1 saturated carbocycles. The van der Waals surface area contributed by atoms with Gasteiger partial charge in [0.2, 0.25) is 5.88 Å². The molecule has 2 unspecified atom stereocenters. The van der Waals surface area contributed by atoms with Crippen LogP contribution in [-0.4, -0.2) is 29.0 Å². The zero-order chi connectivity index (χ0) is 13.0. The van der Waals surface area contributed by atoms with Crippen LogP contribution in [0.1, 0.15) is 31.2 Å². The molecule has 1 fully saturated rings. The quantitative estimate of drug-likeness (QED) is 0.854. The smallest absolute Gasteiger partial charge is 0.221 e. The summed E-state index contributed by atoms with van der Waals surface area (Å²) >= 11 is 6.04. The fourth-order valence-electron chi connectivity index (χ4n) is 2.54. The maximum Gasteiger partial charge on any atom is 0.221 e. The summed E-state index contributed by atoms with van der Waals surface area (Å²) in [7, 11) is 1.63. The minimum absolute atomic E-state index is 0.412. The molecule has 0 aliphatic heterocycles. The van der Waals surface area contributed by atoms with Gasteiger partial charge < -0.3 is 10.1 Å². The van der Waals surface area contributed by atoms with Crippen molar-refractivity contribution in [3.63, 3.8) is 0 Å². The predicted molar refractivity (Wildman–Crippen MR) is 73.4 cm³/mol. The highest BCUT2D eigenvalue weighted by Crippen LogP contribution is 2.29. The summed E-state index contributed by atoms with van der Waals surface area (Å²) in [5.74, 6) is 2.73. The highest BCUT2D eigenvalue weighted by molar-refractivity contribution is 6.18. The third kappa shape index (κ3) is 2.86. The molecule has 0 amide bonds. The van der Waals surface area contributed by atoms with Crippen molar-refractivity contribution < 1.29 is 4.74 Å². The Bertz CT molecular complexity index is 400. The maximum atomic E-state index is 6.04. The number of hydrogen-bond acceptors (Lipinski definition) is 4. The van der Waals surface area contributed by atoms with Crippen molar-refractivity contribution in [2.24, 2.45) is 5.92 Å². The lowest BCUT2D eigenvalue weighted by atomic mass is 9.86. The number of ether oxygens (including phenoxy) is 1. The summed E-state index contributed by atoms with van der Waals surface area (Å²) in [6, 6.07) is 0.412. The van der Waals surface area contributed by atoms with Crippen LogP contribution < -0.4 is 10.1 Å². The van der Waals surface area contributed by atoms with E-state index in [2.05, 4.69) is 15.3 Å². The Kier molecular flexibility index (Phi) is 4.64. The zero-order valence-corrected chi connectivity index (χ0v) is 11.7. The fraction of sp³-hybridized carbons (Fsp3) is 0.692. The molecule has 1 aliphatic rings. The van der Waals surface area contributed by atoms with E-state index in [1.54, 1.807) is 7.11 Å². The molecular weight excluding hydrogens is 250 g/mol. The summed E-state index contributed by atoms with van der Waals surface area (Å²) in [6.07, 6.45) is 6.42. The van der Waals surface area contributed by atoms with Crippen molar-refractivity contribution in [1.29, 1.82) is 0 Å². The minimum Gasteiger partial charge on any atom is -0.481 e. The molecule has 0 spiro atoms. The number of alkyl halides is 1. The predicted octanol–water partition coefficient (Wildman–Crippen LogP) is 3.00. The molecule has 0 saturated heterocycles. The summed E-state index contributed by atoms with van der Waals surface area (Å²) in [6.45, 7) is 1.97. The number of anilines is 1. The Morgan fingerprint density at radius 2 is 2.17 bits per heavy atom. The topological polar surface area (TPSA) is 47.0 Å². The maximum absolute atomic E-state index is 6.04. The second-order valence-corrected chi connectivity index (χ2v) is 5.11. The summed E-state index contributed by atoms with van der Waals surface area (Å²) in [5.41, 5.74) is 0.957. The Labute approximate surface area is 113 Å². The second-order valence-electron chi connectivity index (χ2n) is 4.81. The van der Waals surface area contributed by atoms with E-state index < -0.39 is 0 Å². The number of methoxy groups -OCH3 is 1. The van der Waals surface area contributed by atoms with Crippen molar-refractivity contribution in [1.82, 2.24) is 9.97 Å². The third-order valence-electron chi connectivity index (χ3n) is 3.66. The molecule has 1 N–H and O–H groups in total. The molecule has 0 aromatic carbocycles. The van der Waals surface area contributed by atoms with E-state index in [-0.39, 0.29) is 0 Å². The van der Waals surface area contributed by atoms with Crippen LogP contribution in [0.25, 0.3) is 0 Å². The van der Waals surface area contributed by atoms with E-state index in [0.717, 1.165) is 17.8 Å². The highest BCUT2D eigenvalue weighted by atomic mass is 35.5. The van der Waals surface area contributed by atoms with Crippen LogP contribution in [-0.2, 0) is 0 Å². The van der Waals surface area contributed by atoms with Crippen molar-refractivity contribution >= 4 is 17.4 Å². The van der Waals surface area contributed by atoms with Crippen LogP contribution >= 0.6 is 11.6 Å². The van der Waals surface area contributed by atoms with Gasteiger partial charge in [-0.05, 0) is 25.7 Å². The van der Waals surface area contributed by atoms with Crippen LogP contribution in [0.4, 0.5) is 5.82 Å². The van der Waals surface area contributed by atoms with E-state index in [1.807, 2.05) is 6.92 Å². The van der Waals surface area contributed by atoms with Crippen LogP contribution in [0, 0.1) is 12.8 Å². The average Bonchev–Trinajstić information content (AvgIpc) is 2.42. The van der Waals surface area contributed by atoms with Crippen molar-refractivity contribution in [2.45, 2.75) is 38.6 Å². The standard InChI is InChI=1S/C13H20ClN3O/c1-9-12(15-8-16-13(9)18-2)17-11-6-4-3-5-10(11)7-14/h8,10-11H,3-7H2,1-2H3,(H,15,16,17). The fourth-order valence-corrected chi connectivity index (χ4v) is 2.91. The molecule has 0 bridgehead atoms. The van der Waals surface area contributed by atoms with Crippen molar-refractivity contribution in [3.8, 4) is 5.88 Å². The van der Waals surface area contributed by atoms with Gasteiger partial charge in [0.15, 0.2) is 0 Å². The molecule has 1 aromatic rings. The molecule has 1 heterocycles. The van der Waals surface area contributed by atoms with Crippen LogP contribution in [0.15, 0.2) is 6.33 Å². The molecule has 100 valence electrons. The van der Waals surface area contributed by atoms with Crippen LogP contribution in [0.5, 0.6) is 5.88 Å². The first kappa shape index (κ1) is 13.4. The Hall–Kier alpha value is -1.03. The number of nitrogens with one attached hydrogen (secondary N) is 1. The third-order valence-corrected chi connectivity index (χ3v) is 4.06. The van der Waals surface area contributed by atoms with E-state index in [0.29, 0.717) is 23.7 Å². The normalized spacial score (nSPS) is 23.7. The first-order chi connectivity index (χ1) is 8.76. The van der Waals surface area contributed by atoms with Gasteiger partial charge in [-0.1, -0.05) is 12.8 Å². The number of aromatic nitrogens is 2. The largest absolute Gasteiger partial charge is 0.481 e. The van der Waals surface area contributed by atoms with Gasteiger partial charge in [0.25, 0.3) is 0 Å². The molecule has 0 radical (unpaired) electrons. The number of hydrogen-bond donors (Lipinski definition) is 1. The van der Waals surface area contributed by atoms with Gasteiger partial charge in [-0.15, -0.1) is 11.6 Å². The molecule has 2 rings (SSSR count). The molecule has 2 atom stereocenters. The lowest BCUT2D eigenvalue weighted by Crippen LogP contribution is -2.33. The molecule has 5 heteroatoms. The second kappa shape index (κ2) is 6.23. The Balaban J connectivity index is 2.12. The first-order valence-electron chi connectivity index (χ1n) is 6.44. The van der Waals surface area contributed by atoms with Gasteiger partial charge in [0, 0.05) is 11.9 Å². The van der Waals surface area contributed by atoms with Gasteiger partial charge in [-0.3, -0.25) is 0 Å². The van der Waals surface area contributed by atoms with Gasteiger partial charge in [0.05, 0.1) is 12.7 Å². The van der Waals surface area contributed by atoms with Gasteiger partial charge in [-0.25, -0.2) is 9.97 Å². The highest BCUT2D eigenvalue weighted by Gasteiger charge is 2.25. The van der Waals surface area contributed by atoms with E-state index >= 15 is 0 Å². The van der Waals surface area contributed by atoms with Gasteiger partial charge in [-0.2, -0.15) is 0 Å². The Morgan fingerprint density at radius 3 is 2.89 bits per heavy atom. The van der Waals surface area contributed by atoms with Crippen LogP contribution in [0.3, 0.4) is 0 Å². The van der Waals surface area contributed by atoms with Crippen molar-refractivity contribution in [2.75, 3.05) is 18.3 Å². The molecule has 1 aliphatic carbocycles. The zero-order valence-electron chi connectivity index (χ0n) is 10.9. The summed E-state index contributed by atoms with van der Waals surface area (Å²) < 4.78 is 5.21.